The Hall–Kier alpha value is -2.67. The Labute approximate surface area is 275 Å². The number of ether oxygens (including phenoxy) is 2. The summed E-state index contributed by atoms with van der Waals surface area (Å²) in [5, 5.41) is 14.0. The fourth-order valence-corrected chi connectivity index (χ4v) is 8.09. The maximum atomic E-state index is 14.4. The monoisotopic (exact) mass is 662 g/mol. The molecule has 2 aromatic rings. The molecular formula is C34H54N4O7S. The van der Waals surface area contributed by atoms with Gasteiger partial charge in [0.1, 0.15) is 11.4 Å². The van der Waals surface area contributed by atoms with E-state index in [-0.39, 0.29) is 58.2 Å². The quantitative estimate of drug-likeness (QED) is 0.362. The van der Waals surface area contributed by atoms with Crippen LogP contribution in [0.25, 0.3) is 0 Å². The highest BCUT2D eigenvalue weighted by Crippen LogP contribution is 2.31. The number of hydrogen-bond donors (Lipinski definition) is 2. The summed E-state index contributed by atoms with van der Waals surface area (Å²) in [7, 11) is -1.88. The highest BCUT2D eigenvalue weighted by molar-refractivity contribution is 7.92. The van der Waals surface area contributed by atoms with Crippen molar-refractivity contribution in [3.8, 4) is 5.75 Å². The molecule has 1 aliphatic heterocycles. The molecule has 1 saturated carbocycles. The number of aliphatic hydroxyl groups excluding tert-OH is 1. The Kier molecular flexibility index (Phi) is 12.9. The van der Waals surface area contributed by atoms with Gasteiger partial charge >= 0.3 is 0 Å². The second-order valence-corrected chi connectivity index (χ2v) is 15.1. The Morgan fingerprint density at radius 1 is 1.09 bits per heavy atom. The van der Waals surface area contributed by atoms with Gasteiger partial charge in [0, 0.05) is 37.8 Å². The van der Waals surface area contributed by atoms with Crippen LogP contribution in [0.4, 0.5) is 5.69 Å². The van der Waals surface area contributed by atoms with Gasteiger partial charge in [-0.2, -0.15) is 0 Å². The first-order valence-electron chi connectivity index (χ1n) is 16.9. The molecule has 1 amide bonds. The van der Waals surface area contributed by atoms with E-state index in [4.69, 9.17) is 14.0 Å². The van der Waals surface area contributed by atoms with Crippen LogP contribution in [0.3, 0.4) is 0 Å². The van der Waals surface area contributed by atoms with E-state index in [0.29, 0.717) is 24.8 Å². The zero-order valence-electron chi connectivity index (χ0n) is 28.5. The van der Waals surface area contributed by atoms with E-state index in [1.54, 1.807) is 24.0 Å². The molecule has 4 atom stereocenters. The number of likely N-dealkylation sites (N-methyl/N-ethyl adjacent to an activating group) is 1. The van der Waals surface area contributed by atoms with Crippen LogP contribution in [0.15, 0.2) is 27.6 Å². The summed E-state index contributed by atoms with van der Waals surface area (Å²) in [4.78, 5) is 18.4. The fourth-order valence-electron chi connectivity index (χ4n) is 6.71. The van der Waals surface area contributed by atoms with Crippen LogP contribution in [-0.4, -0.2) is 92.5 Å². The van der Waals surface area contributed by atoms with Gasteiger partial charge in [0.05, 0.1) is 30.4 Å². The second-order valence-electron chi connectivity index (χ2n) is 13.5. The van der Waals surface area contributed by atoms with Gasteiger partial charge in [-0.15, -0.1) is 0 Å². The van der Waals surface area contributed by atoms with Crippen molar-refractivity contribution in [3.63, 3.8) is 0 Å². The van der Waals surface area contributed by atoms with Gasteiger partial charge in [0.2, 0.25) is 0 Å². The molecule has 2 N–H and O–H groups in total. The van der Waals surface area contributed by atoms with E-state index < -0.39 is 16.1 Å². The molecule has 4 rings (SSSR count). The molecular weight excluding hydrogens is 608 g/mol. The summed E-state index contributed by atoms with van der Waals surface area (Å²) >= 11 is 0. The molecule has 11 nitrogen and oxygen atoms in total. The zero-order chi connectivity index (χ0) is 33.4. The smallest absolute Gasteiger partial charge is 0.267 e. The molecule has 0 unspecified atom stereocenters. The maximum absolute atomic E-state index is 14.4. The fraction of sp³-hybridized carbons (Fsp3) is 0.706. The number of benzene rings is 1. The van der Waals surface area contributed by atoms with Crippen molar-refractivity contribution in [2.45, 2.75) is 109 Å². The lowest BCUT2D eigenvalue weighted by Crippen LogP contribution is -2.47. The highest BCUT2D eigenvalue weighted by Gasteiger charge is 2.31. The number of fused-ring (bicyclic) bond motifs is 1. The minimum atomic E-state index is -4.04. The largest absolute Gasteiger partial charge is 0.490 e. The third-order valence-electron chi connectivity index (χ3n) is 9.33. The van der Waals surface area contributed by atoms with Crippen molar-refractivity contribution < 1.29 is 32.3 Å². The molecule has 1 fully saturated rings. The normalized spacial score (nSPS) is 23.4. The number of sulfonamides is 1. The number of rotatable bonds is 9. The Balaban J connectivity index is 1.63. The minimum Gasteiger partial charge on any atom is -0.490 e. The number of aliphatic hydroxyl groups is 1. The van der Waals surface area contributed by atoms with E-state index in [1.807, 2.05) is 13.8 Å². The van der Waals surface area contributed by atoms with E-state index >= 15 is 0 Å². The molecule has 0 saturated heterocycles. The second kappa shape index (κ2) is 16.4. The molecule has 1 aliphatic carbocycles. The number of aromatic nitrogens is 1. The van der Waals surface area contributed by atoms with Gasteiger partial charge in [-0.3, -0.25) is 9.52 Å². The molecule has 2 aliphatic rings. The van der Waals surface area contributed by atoms with Gasteiger partial charge in [-0.05, 0) is 91.0 Å². The van der Waals surface area contributed by atoms with Crippen molar-refractivity contribution in [2.24, 2.45) is 11.8 Å². The molecule has 12 heteroatoms. The Morgan fingerprint density at radius 3 is 2.48 bits per heavy atom. The molecule has 0 bridgehead atoms. The third kappa shape index (κ3) is 9.45. The summed E-state index contributed by atoms with van der Waals surface area (Å²) in [6, 6.07) is 4.25. The zero-order valence-corrected chi connectivity index (χ0v) is 29.3. The van der Waals surface area contributed by atoms with Crippen LogP contribution in [0.5, 0.6) is 5.75 Å². The number of anilines is 1. The van der Waals surface area contributed by atoms with E-state index in [1.165, 1.54) is 45.1 Å². The molecule has 258 valence electrons. The van der Waals surface area contributed by atoms with Crippen LogP contribution in [0.1, 0.15) is 93.9 Å². The van der Waals surface area contributed by atoms with E-state index in [0.717, 1.165) is 32.4 Å². The lowest BCUT2D eigenvalue weighted by Gasteiger charge is -2.36. The number of nitrogens with one attached hydrogen (secondary N) is 1. The number of aryl methyl sites for hydroxylation is 2. The van der Waals surface area contributed by atoms with Crippen LogP contribution in [0, 0.1) is 25.7 Å². The van der Waals surface area contributed by atoms with Crippen molar-refractivity contribution in [3.05, 3.63) is 35.2 Å². The molecule has 0 radical (unpaired) electrons. The Bertz CT molecular complexity index is 1370. The molecule has 0 spiro atoms. The molecule has 46 heavy (non-hydrogen) atoms. The summed E-state index contributed by atoms with van der Waals surface area (Å²) in [6.07, 6.45) is 8.79. The number of carbonyl (C=O) groups is 1. The summed E-state index contributed by atoms with van der Waals surface area (Å²) in [5.74, 6) is 0.883. The minimum absolute atomic E-state index is 0.0285. The summed E-state index contributed by atoms with van der Waals surface area (Å²) in [5.41, 5.74) is 0.677. The van der Waals surface area contributed by atoms with E-state index in [9.17, 15) is 18.3 Å². The first-order chi connectivity index (χ1) is 21.9. The van der Waals surface area contributed by atoms with Crippen molar-refractivity contribution in [1.82, 2.24) is 15.0 Å². The predicted molar refractivity (Wildman–Crippen MR) is 178 cm³/mol. The van der Waals surface area contributed by atoms with Gasteiger partial charge in [0.25, 0.3) is 15.9 Å². The number of carbonyl (C=O) groups excluding carboxylic acids is 1. The van der Waals surface area contributed by atoms with E-state index in [2.05, 4.69) is 28.8 Å². The van der Waals surface area contributed by atoms with Crippen LogP contribution in [-0.2, 0) is 14.8 Å². The topological polar surface area (TPSA) is 134 Å². The van der Waals surface area contributed by atoms with Crippen molar-refractivity contribution >= 4 is 21.6 Å². The highest BCUT2D eigenvalue weighted by atomic mass is 32.2. The number of hydrogen-bond acceptors (Lipinski definition) is 9. The van der Waals surface area contributed by atoms with Crippen LogP contribution >= 0.6 is 0 Å². The standard InChI is InChI=1S/C34H54N4O7S/c1-23-19-38(24(2)22-39)34(40)30-18-29(36-46(41,42)33-26(4)35-45-27(33)5)15-16-31(30)44-25(3)12-10-11-17-43-32(23)21-37(6)20-28-13-8-7-9-14-28/h15-16,18,23-25,28,32,36,39H,7-14,17,19-22H2,1-6H3/t23-,24-,25-,32-/m1/s1. The molecule has 1 aromatic heterocycles. The van der Waals surface area contributed by atoms with Gasteiger partial charge in [-0.1, -0.05) is 31.3 Å². The lowest BCUT2D eigenvalue weighted by atomic mass is 9.89. The van der Waals surface area contributed by atoms with Crippen LogP contribution < -0.4 is 9.46 Å². The number of amides is 1. The van der Waals surface area contributed by atoms with Crippen molar-refractivity contribution in [2.75, 3.05) is 44.6 Å². The van der Waals surface area contributed by atoms with Gasteiger partial charge < -0.3 is 28.9 Å². The van der Waals surface area contributed by atoms with Crippen LogP contribution in [0.2, 0.25) is 0 Å². The average molecular weight is 663 g/mol. The first-order valence-corrected chi connectivity index (χ1v) is 18.4. The number of nitrogens with zero attached hydrogens (tertiary/aromatic N) is 3. The maximum Gasteiger partial charge on any atom is 0.267 e. The molecule has 2 heterocycles. The predicted octanol–water partition coefficient (Wildman–Crippen LogP) is 5.40. The summed E-state index contributed by atoms with van der Waals surface area (Å²) < 4.78 is 47.1. The van der Waals surface area contributed by atoms with Crippen molar-refractivity contribution in [1.29, 1.82) is 0 Å². The van der Waals surface area contributed by atoms with Gasteiger partial charge in [-0.25, -0.2) is 8.42 Å². The third-order valence-corrected chi connectivity index (χ3v) is 11.0. The molecule has 1 aromatic carbocycles. The summed E-state index contributed by atoms with van der Waals surface area (Å²) in [6.45, 7) is 11.5. The SMILES string of the molecule is Cc1noc(C)c1S(=O)(=O)Nc1ccc2c(c1)C(=O)N([C@H](C)CO)C[C@@H](C)[C@@H](CN(C)CC1CCCCC1)OCCCC[C@@H](C)O2. The van der Waals surface area contributed by atoms with Gasteiger partial charge in [0.15, 0.2) is 10.7 Å². The Morgan fingerprint density at radius 2 is 1.80 bits per heavy atom. The lowest BCUT2D eigenvalue weighted by molar-refractivity contribution is -0.0190. The first kappa shape index (κ1) is 36.2. The average Bonchev–Trinajstić information content (AvgIpc) is 3.37.